The van der Waals surface area contributed by atoms with Crippen molar-refractivity contribution in [3.05, 3.63) is 88.6 Å². The molecule has 0 unspecified atom stereocenters. The van der Waals surface area contributed by atoms with Crippen molar-refractivity contribution < 1.29 is 23.9 Å². The van der Waals surface area contributed by atoms with Crippen molar-refractivity contribution in [1.29, 1.82) is 0 Å². The average molecular weight is 520 g/mol. The molecule has 0 aliphatic carbocycles. The number of benzene rings is 3. The van der Waals surface area contributed by atoms with E-state index in [1.807, 2.05) is 20.8 Å². The van der Waals surface area contributed by atoms with E-state index in [0.717, 1.165) is 10.5 Å². The molecule has 1 heterocycles. The summed E-state index contributed by atoms with van der Waals surface area (Å²) in [5.74, 6) is -0.284. The number of rotatable bonds is 8. The van der Waals surface area contributed by atoms with Gasteiger partial charge < -0.3 is 20.1 Å². The molecule has 9 heteroatoms. The van der Waals surface area contributed by atoms with Gasteiger partial charge in [0.25, 0.3) is 17.7 Å². The average Bonchev–Trinajstić information content (AvgIpc) is 3.09. The summed E-state index contributed by atoms with van der Waals surface area (Å²) in [4.78, 5) is 39.8. The summed E-state index contributed by atoms with van der Waals surface area (Å²) in [5, 5.41) is 5.57. The molecule has 8 nitrogen and oxygen atoms in total. The quantitative estimate of drug-likeness (QED) is 0.383. The van der Waals surface area contributed by atoms with Gasteiger partial charge >= 0.3 is 0 Å². The highest BCUT2D eigenvalue weighted by molar-refractivity contribution is 6.53. The first kappa shape index (κ1) is 25.8. The molecule has 0 saturated heterocycles. The van der Waals surface area contributed by atoms with Crippen molar-refractivity contribution in [1.82, 2.24) is 0 Å². The smallest absolute Gasteiger partial charge is 0.283 e. The molecule has 0 radical (unpaired) electrons. The summed E-state index contributed by atoms with van der Waals surface area (Å²) in [7, 11) is 1.52. The van der Waals surface area contributed by atoms with E-state index in [4.69, 9.17) is 21.1 Å². The van der Waals surface area contributed by atoms with Crippen molar-refractivity contribution in [2.24, 2.45) is 0 Å². The topological polar surface area (TPSA) is 97.0 Å². The van der Waals surface area contributed by atoms with E-state index < -0.39 is 11.8 Å². The number of halogens is 1. The van der Waals surface area contributed by atoms with Crippen molar-refractivity contribution >= 4 is 46.4 Å². The molecule has 2 N–H and O–H groups in total. The van der Waals surface area contributed by atoms with Gasteiger partial charge in [-0.25, -0.2) is 4.90 Å². The number of ether oxygens (including phenoxy) is 2. The summed E-state index contributed by atoms with van der Waals surface area (Å²) < 4.78 is 10.8. The zero-order chi connectivity index (χ0) is 26.7. The van der Waals surface area contributed by atoms with Crippen LogP contribution in [0.5, 0.6) is 11.5 Å². The van der Waals surface area contributed by atoms with Crippen LogP contribution >= 0.6 is 11.6 Å². The number of amides is 3. The van der Waals surface area contributed by atoms with Gasteiger partial charge in [-0.05, 0) is 87.0 Å². The van der Waals surface area contributed by atoms with Crippen LogP contribution in [0.3, 0.4) is 0 Å². The van der Waals surface area contributed by atoms with Gasteiger partial charge in [0.15, 0.2) is 0 Å². The number of nitrogens with one attached hydrogen (secondary N) is 2. The van der Waals surface area contributed by atoms with Crippen LogP contribution in [0.4, 0.5) is 17.1 Å². The molecule has 0 aromatic heterocycles. The molecule has 4 rings (SSSR count). The molecule has 3 amide bonds. The highest BCUT2D eigenvalue weighted by atomic mass is 35.5. The summed E-state index contributed by atoms with van der Waals surface area (Å²) in [6.07, 6.45) is 0.0490. The van der Waals surface area contributed by atoms with Crippen molar-refractivity contribution in [3.8, 4) is 11.5 Å². The molecule has 0 bridgehead atoms. The van der Waals surface area contributed by atoms with Crippen LogP contribution in [-0.4, -0.2) is 30.9 Å². The third-order valence-electron chi connectivity index (χ3n) is 5.60. The van der Waals surface area contributed by atoms with Crippen LogP contribution in [0.2, 0.25) is 0 Å². The molecule has 190 valence electrons. The van der Waals surface area contributed by atoms with Crippen molar-refractivity contribution in [2.75, 3.05) is 22.6 Å². The highest BCUT2D eigenvalue weighted by Gasteiger charge is 2.39. The molecule has 0 spiro atoms. The van der Waals surface area contributed by atoms with Gasteiger partial charge in [0.05, 0.1) is 18.9 Å². The first-order valence-corrected chi connectivity index (χ1v) is 11.9. The molecule has 1 aliphatic heterocycles. The number of hydrogen-bond acceptors (Lipinski definition) is 6. The third kappa shape index (κ3) is 5.59. The number of carbonyl (C=O) groups is 3. The van der Waals surface area contributed by atoms with Crippen molar-refractivity contribution in [2.45, 2.75) is 26.9 Å². The van der Waals surface area contributed by atoms with E-state index in [9.17, 15) is 14.4 Å². The minimum Gasteiger partial charge on any atom is -0.497 e. The number of imide groups is 1. The monoisotopic (exact) mass is 519 g/mol. The van der Waals surface area contributed by atoms with Crippen LogP contribution in [0.25, 0.3) is 0 Å². The maximum absolute atomic E-state index is 13.1. The van der Waals surface area contributed by atoms with Gasteiger partial charge in [-0.15, -0.1) is 0 Å². The Hall–Kier alpha value is -4.30. The molecular weight excluding hydrogens is 494 g/mol. The second kappa shape index (κ2) is 10.8. The Morgan fingerprint density at radius 1 is 0.919 bits per heavy atom. The Labute approximate surface area is 219 Å². The molecule has 3 aromatic rings. The Kier molecular flexibility index (Phi) is 7.50. The second-order valence-electron chi connectivity index (χ2n) is 8.63. The van der Waals surface area contributed by atoms with Gasteiger partial charge in [-0.2, -0.15) is 0 Å². The summed E-state index contributed by atoms with van der Waals surface area (Å²) >= 11 is 6.27. The standard InChI is InChI=1S/C28H26ClN3O5/c1-16(2)37-22-11-7-19(8-12-22)30-26(33)18-6-5-17(3)23(15-18)31-25-24(29)27(34)32(28(25)35)20-9-13-21(36-4)14-10-20/h5-16,31H,1-4H3,(H,30,33). The molecule has 0 atom stereocenters. The number of aryl methyl sites for hydroxylation is 1. The number of carbonyl (C=O) groups excluding carboxylic acids is 3. The fourth-order valence-electron chi connectivity index (χ4n) is 3.70. The lowest BCUT2D eigenvalue weighted by atomic mass is 10.1. The number of anilines is 3. The van der Waals surface area contributed by atoms with Gasteiger partial charge in [0.1, 0.15) is 22.2 Å². The van der Waals surface area contributed by atoms with Gasteiger partial charge in [0, 0.05) is 16.9 Å². The Balaban J connectivity index is 1.51. The fourth-order valence-corrected chi connectivity index (χ4v) is 3.91. The van der Waals surface area contributed by atoms with E-state index in [1.165, 1.54) is 7.11 Å². The first-order chi connectivity index (χ1) is 17.7. The molecule has 0 saturated carbocycles. The maximum Gasteiger partial charge on any atom is 0.283 e. The minimum atomic E-state index is -0.643. The predicted molar refractivity (Wildman–Crippen MR) is 143 cm³/mol. The highest BCUT2D eigenvalue weighted by Crippen LogP contribution is 2.32. The predicted octanol–water partition coefficient (Wildman–Crippen LogP) is 5.48. The molecular formula is C28H26ClN3O5. The Morgan fingerprint density at radius 2 is 1.57 bits per heavy atom. The van der Waals surface area contributed by atoms with E-state index in [-0.39, 0.29) is 22.7 Å². The summed E-state index contributed by atoms with van der Waals surface area (Å²) in [6, 6.07) is 18.6. The van der Waals surface area contributed by atoms with Crippen LogP contribution in [0, 0.1) is 6.92 Å². The van der Waals surface area contributed by atoms with Crippen LogP contribution < -0.4 is 25.0 Å². The lowest BCUT2D eigenvalue weighted by Crippen LogP contribution is -2.32. The van der Waals surface area contributed by atoms with Gasteiger partial charge in [0.2, 0.25) is 0 Å². The van der Waals surface area contributed by atoms with Crippen LogP contribution in [-0.2, 0) is 9.59 Å². The molecule has 3 aromatic carbocycles. The third-order valence-corrected chi connectivity index (χ3v) is 5.95. The Bertz CT molecular complexity index is 1380. The minimum absolute atomic E-state index is 0.0490. The SMILES string of the molecule is COc1ccc(N2C(=O)C(Cl)=C(Nc3cc(C(=O)Nc4ccc(OC(C)C)cc4)ccc3C)C2=O)cc1. The van der Waals surface area contributed by atoms with E-state index in [2.05, 4.69) is 10.6 Å². The zero-order valence-electron chi connectivity index (χ0n) is 20.8. The molecule has 37 heavy (non-hydrogen) atoms. The van der Waals surface area contributed by atoms with Crippen molar-refractivity contribution in [3.63, 3.8) is 0 Å². The molecule has 0 fully saturated rings. The fraction of sp³-hybridized carbons (Fsp3) is 0.179. The normalized spacial score (nSPS) is 13.3. The molecule has 1 aliphatic rings. The zero-order valence-corrected chi connectivity index (χ0v) is 21.6. The maximum atomic E-state index is 13.1. The number of nitrogens with zero attached hydrogens (tertiary/aromatic N) is 1. The van der Waals surface area contributed by atoms with Crippen LogP contribution in [0.15, 0.2) is 77.5 Å². The van der Waals surface area contributed by atoms with E-state index in [1.54, 1.807) is 66.7 Å². The summed E-state index contributed by atoms with van der Waals surface area (Å²) in [5.41, 5.74) is 2.49. The van der Waals surface area contributed by atoms with Gasteiger partial charge in [-0.1, -0.05) is 17.7 Å². The second-order valence-corrected chi connectivity index (χ2v) is 9.01. The number of methoxy groups -OCH3 is 1. The Morgan fingerprint density at radius 3 is 2.19 bits per heavy atom. The first-order valence-electron chi connectivity index (χ1n) is 11.6. The van der Waals surface area contributed by atoms with E-state index >= 15 is 0 Å². The number of hydrogen-bond donors (Lipinski definition) is 2. The lowest BCUT2D eigenvalue weighted by molar-refractivity contribution is -0.120. The van der Waals surface area contributed by atoms with Gasteiger partial charge in [-0.3, -0.25) is 14.4 Å². The lowest BCUT2D eigenvalue weighted by Gasteiger charge is -2.16. The van der Waals surface area contributed by atoms with Crippen LogP contribution in [0.1, 0.15) is 29.8 Å². The summed E-state index contributed by atoms with van der Waals surface area (Å²) in [6.45, 7) is 5.69. The largest absolute Gasteiger partial charge is 0.497 e. The van der Waals surface area contributed by atoms with E-state index in [0.29, 0.717) is 34.1 Å².